The second-order valence-electron chi connectivity index (χ2n) is 8.20. The fraction of sp³-hybridized carbons (Fsp3) is 0.214. The summed E-state index contributed by atoms with van der Waals surface area (Å²) < 4.78 is 2.29. The van der Waals surface area contributed by atoms with Gasteiger partial charge in [-0.1, -0.05) is 103 Å². The highest BCUT2D eigenvalue weighted by atomic mass is 35.5. The molecule has 174 valence electrons. The predicted octanol–water partition coefficient (Wildman–Crippen LogP) is 6.99. The molecule has 1 heterocycles. The van der Waals surface area contributed by atoms with E-state index in [-0.39, 0.29) is 11.9 Å². The third-order valence-corrected chi connectivity index (χ3v) is 6.85. The van der Waals surface area contributed by atoms with Crippen molar-refractivity contribution in [1.82, 2.24) is 14.9 Å². The molecule has 0 bridgehead atoms. The van der Waals surface area contributed by atoms with Crippen LogP contribution in [0.1, 0.15) is 30.8 Å². The lowest BCUT2D eigenvalue weighted by Crippen LogP contribution is -2.29. The summed E-state index contributed by atoms with van der Waals surface area (Å²) >= 11 is 7.99. The molecular formula is C28H28ClN3OS. The van der Waals surface area contributed by atoms with Crippen LogP contribution in [0, 0.1) is 0 Å². The number of alkyl halides is 1. The average molecular weight is 490 g/mol. The van der Waals surface area contributed by atoms with Crippen LogP contribution in [-0.2, 0) is 4.79 Å². The molecule has 1 unspecified atom stereocenters. The first-order valence-electron chi connectivity index (χ1n) is 11.4. The molecule has 0 aliphatic carbocycles. The van der Waals surface area contributed by atoms with E-state index >= 15 is 0 Å². The number of halogens is 1. The second kappa shape index (κ2) is 11.4. The lowest BCUT2D eigenvalue weighted by atomic mass is 10.0. The summed E-state index contributed by atoms with van der Waals surface area (Å²) in [5.74, 6) is 0.506. The Kier molecular flexibility index (Phi) is 8.09. The van der Waals surface area contributed by atoms with Gasteiger partial charge in [0.25, 0.3) is 0 Å². The molecule has 1 N–H and O–H groups in total. The maximum absolute atomic E-state index is 12.5. The van der Waals surface area contributed by atoms with Crippen molar-refractivity contribution < 1.29 is 4.79 Å². The maximum Gasteiger partial charge on any atom is 0.242 e. The van der Waals surface area contributed by atoms with Gasteiger partial charge in [-0.15, -0.1) is 11.6 Å². The quantitative estimate of drug-likeness (QED) is 0.156. The number of imidazole rings is 1. The van der Waals surface area contributed by atoms with E-state index in [1.54, 1.807) is 11.8 Å². The first-order valence-corrected chi connectivity index (χ1v) is 12.8. The van der Waals surface area contributed by atoms with Crippen LogP contribution >= 0.6 is 23.4 Å². The summed E-state index contributed by atoms with van der Waals surface area (Å²) in [6.07, 6.45) is 0. The lowest BCUT2D eigenvalue weighted by Gasteiger charge is -2.16. The number of carbonyl (C=O) groups is 1. The van der Waals surface area contributed by atoms with Crippen LogP contribution in [0.5, 0.6) is 0 Å². The van der Waals surface area contributed by atoms with Crippen molar-refractivity contribution in [3.8, 4) is 22.5 Å². The number of nitrogens with one attached hydrogen (secondary N) is 1. The number of hydrogen-bond acceptors (Lipinski definition) is 3. The van der Waals surface area contributed by atoms with E-state index in [1.165, 1.54) is 0 Å². The van der Waals surface area contributed by atoms with Gasteiger partial charge in [0.1, 0.15) is 5.38 Å². The summed E-state index contributed by atoms with van der Waals surface area (Å²) in [7, 11) is 0. The van der Waals surface area contributed by atoms with Gasteiger partial charge in [-0.3, -0.25) is 4.79 Å². The SMILES string of the molecule is CC(C)n1c(SCCNC(=O)C(Cl)c2ccccc2)nc(-c2ccccc2)c1-c1ccccc1. The number of rotatable bonds is 9. The number of benzene rings is 3. The molecule has 0 saturated heterocycles. The van der Waals surface area contributed by atoms with Crippen molar-refractivity contribution in [2.45, 2.75) is 30.4 Å². The minimum Gasteiger partial charge on any atom is -0.354 e. The number of aromatic nitrogens is 2. The van der Waals surface area contributed by atoms with Crippen molar-refractivity contribution in [1.29, 1.82) is 0 Å². The first kappa shape index (κ1) is 24.1. The fourth-order valence-corrected chi connectivity index (χ4v) is 5.05. The van der Waals surface area contributed by atoms with Crippen molar-refractivity contribution in [2.24, 2.45) is 0 Å². The molecule has 4 rings (SSSR count). The molecule has 0 fully saturated rings. The van der Waals surface area contributed by atoms with E-state index in [4.69, 9.17) is 16.6 Å². The van der Waals surface area contributed by atoms with Crippen LogP contribution < -0.4 is 5.32 Å². The molecule has 1 amide bonds. The van der Waals surface area contributed by atoms with Crippen LogP contribution in [0.2, 0.25) is 0 Å². The van der Waals surface area contributed by atoms with E-state index in [9.17, 15) is 4.79 Å². The molecule has 0 saturated carbocycles. The summed E-state index contributed by atoms with van der Waals surface area (Å²) in [4.78, 5) is 17.5. The lowest BCUT2D eigenvalue weighted by molar-refractivity contribution is -0.120. The molecule has 0 aliphatic rings. The van der Waals surface area contributed by atoms with Gasteiger partial charge in [-0.05, 0) is 19.4 Å². The Morgan fingerprint density at radius 1 is 0.912 bits per heavy atom. The summed E-state index contributed by atoms with van der Waals surface area (Å²) in [5.41, 5.74) is 5.10. The molecular weight excluding hydrogens is 462 g/mol. The zero-order valence-electron chi connectivity index (χ0n) is 19.3. The highest BCUT2D eigenvalue weighted by Crippen LogP contribution is 2.38. The second-order valence-corrected chi connectivity index (χ2v) is 9.70. The topological polar surface area (TPSA) is 46.9 Å². The van der Waals surface area contributed by atoms with Gasteiger partial charge in [0.2, 0.25) is 5.91 Å². The summed E-state index contributed by atoms with van der Waals surface area (Å²) in [6.45, 7) is 4.85. The summed E-state index contributed by atoms with van der Waals surface area (Å²) in [6, 6.07) is 30.3. The van der Waals surface area contributed by atoms with E-state index in [2.05, 4.69) is 60.1 Å². The predicted molar refractivity (Wildman–Crippen MR) is 142 cm³/mol. The van der Waals surface area contributed by atoms with Crippen LogP contribution in [0.3, 0.4) is 0 Å². The number of amides is 1. The first-order chi connectivity index (χ1) is 16.6. The third kappa shape index (κ3) is 5.54. The zero-order chi connectivity index (χ0) is 23.9. The Balaban J connectivity index is 1.54. The number of thioether (sulfide) groups is 1. The Morgan fingerprint density at radius 2 is 1.47 bits per heavy atom. The monoisotopic (exact) mass is 489 g/mol. The average Bonchev–Trinajstić information content (AvgIpc) is 3.27. The fourth-order valence-electron chi connectivity index (χ4n) is 3.84. The third-order valence-electron chi connectivity index (χ3n) is 5.44. The van der Waals surface area contributed by atoms with E-state index in [0.29, 0.717) is 12.3 Å². The van der Waals surface area contributed by atoms with Crippen LogP contribution in [0.25, 0.3) is 22.5 Å². The Hall–Kier alpha value is -3.02. The normalized spacial score (nSPS) is 12.0. The number of carbonyl (C=O) groups excluding carboxylic acids is 1. The van der Waals surface area contributed by atoms with Crippen molar-refractivity contribution >= 4 is 29.3 Å². The molecule has 0 aliphatic heterocycles. The van der Waals surface area contributed by atoms with Crippen molar-refractivity contribution in [3.05, 3.63) is 96.6 Å². The van der Waals surface area contributed by atoms with Crippen molar-refractivity contribution in [2.75, 3.05) is 12.3 Å². The minimum atomic E-state index is -0.696. The molecule has 0 radical (unpaired) electrons. The van der Waals surface area contributed by atoms with E-state index in [0.717, 1.165) is 33.2 Å². The maximum atomic E-state index is 12.5. The van der Waals surface area contributed by atoms with Gasteiger partial charge >= 0.3 is 0 Å². The molecule has 6 heteroatoms. The Morgan fingerprint density at radius 3 is 2.06 bits per heavy atom. The smallest absolute Gasteiger partial charge is 0.242 e. The van der Waals surface area contributed by atoms with Gasteiger partial charge < -0.3 is 9.88 Å². The Labute approximate surface area is 210 Å². The number of nitrogens with zero attached hydrogens (tertiary/aromatic N) is 2. The van der Waals surface area contributed by atoms with Crippen LogP contribution in [0.4, 0.5) is 0 Å². The largest absolute Gasteiger partial charge is 0.354 e. The highest BCUT2D eigenvalue weighted by molar-refractivity contribution is 7.99. The Bertz CT molecular complexity index is 1210. The van der Waals surface area contributed by atoms with Crippen LogP contribution in [0.15, 0.2) is 96.2 Å². The zero-order valence-corrected chi connectivity index (χ0v) is 20.9. The van der Waals surface area contributed by atoms with Gasteiger partial charge in [0.15, 0.2) is 5.16 Å². The minimum absolute atomic E-state index is 0.185. The van der Waals surface area contributed by atoms with Gasteiger partial charge in [-0.25, -0.2) is 4.98 Å². The molecule has 1 aromatic heterocycles. The molecule has 34 heavy (non-hydrogen) atoms. The molecule has 1 atom stereocenters. The highest BCUT2D eigenvalue weighted by Gasteiger charge is 2.22. The van der Waals surface area contributed by atoms with Gasteiger partial charge in [0, 0.05) is 29.5 Å². The van der Waals surface area contributed by atoms with E-state index < -0.39 is 5.38 Å². The van der Waals surface area contributed by atoms with Crippen molar-refractivity contribution in [3.63, 3.8) is 0 Å². The van der Waals surface area contributed by atoms with Gasteiger partial charge in [0.05, 0.1) is 11.4 Å². The molecule has 0 spiro atoms. The van der Waals surface area contributed by atoms with Crippen LogP contribution in [-0.4, -0.2) is 27.8 Å². The molecule has 3 aromatic carbocycles. The number of hydrogen-bond donors (Lipinski definition) is 1. The molecule has 4 aromatic rings. The standard InChI is InChI=1S/C28H28ClN3OS/c1-20(2)32-26(23-16-10-5-11-17-23)25(22-14-8-4-9-15-22)31-28(32)34-19-18-30-27(33)24(29)21-12-6-3-7-13-21/h3-17,20,24H,18-19H2,1-2H3,(H,30,33). The van der Waals surface area contributed by atoms with E-state index in [1.807, 2.05) is 54.6 Å². The van der Waals surface area contributed by atoms with Gasteiger partial charge in [-0.2, -0.15) is 0 Å². The summed E-state index contributed by atoms with van der Waals surface area (Å²) in [5, 5.41) is 3.20. The molecule has 4 nitrogen and oxygen atoms in total.